The van der Waals surface area contributed by atoms with Crippen molar-refractivity contribution in [2.45, 2.75) is 13.0 Å². The van der Waals surface area contributed by atoms with Gasteiger partial charge in [0.25, 0.3) is 11.8 Å². The first kappa shape index (κ1) is 21.8. The van der Waals surface area contributed by atoms with Crippen LogP contribution in [0.4, 0.5) is 0 Å². The number of carbonyl (C=O) groups excluding carboxylic acids is 2. The minimum Gasteiger partial charge on any atom is -0.493 e. The lowest BCUT2D eigenvalue weighted by Crippen LogP contribution is -2.54. The molecule has 1 unspecified atom stereocenters. The third kappa shape index (κ3) is 5.57. The molecule has 8 heteroatoms. The van der Waals surface area contributed by atoms with Gasteiger partial charge in [-0.1, -0.05) is 23.7 Å². The van der Waals surface area contributed by atoms with Crippen molar-refractivity contribution < 1.29 is 23.8 Å². The Hall–Kier alpha value is -2.93. The molecule has 1 aliphatic rings. The van der Waals surface area contributed by atoms with E-state index in [4.69, 9.17) is 25.8 Å². The van der Waals surface area contributed by atoms with E-state index in [1.54, 1.807) is 60.2 Å². The number of benzene rings is 2. The number of amides is 2. The standard InChI is InChI=1S/C22H25ClN2O5/c1-16(30-18-9-7-17(23)8-10-18)22(27)25-13-11-24(12-14-25)21(26)15-29-20-6-4-3-5-19(20)28-2/h3-10,16H,11-15H2,1-2H3. The zero-order valence-corrected chi connectivity index (χ0v) is 17.8. The second-order valence-electron chi connectivity index (χ2n) is 6.86. The molecule has 30 heavy (non-hydrogen) atoms. The summed E-state index contributed by atoms with van der Waals surface area (Å²) >= 11 is 5.87. The van der Waals surface area contributed by atoms with Crippen LogP contribution in [0.15, 0.2) is 48.5 Å². The minimum atomic E-state index is -0.623. The predicted molar refractivity (Wildman–Crippen MR) is 113 cm³/mol. The quantitative estimate of drug-likeness (QED) is 0.673. The van der Waals surface area contributed by atoms with Crippen LogP contribution >= 0.6 is 11.6 Å². The van der Waals surface area contributed by atoms with E-state index in [0.717, 1.165) is 0 Å². The maximum absolute atomic E-state index is 12.7. The molecule has 0 aromatic heterocycles. The Kier molecular flexibility index (Phi) is 7.41. The van der Waals surface area contributed by atoms with Crippen LogP contribution in [0.1, 0.15) is 6.92 Å². The summed E-state index contributed by atoms with van der Waals surface area (Å²) in [5, 5.41) is 0.608. The summed E-state index contributed by atoms with van der Waals surface area (Å²) < 4.78 is 16.5. The molecule has 0 radical (unpaired) electrons. The van der Waals surface area contributed by atoms with Gasteiger partial charge in [-0.15, -0.1) is 0 Å². The van der Waals surface area contributed by atoms with E-state index in [1.807, 2.05) is 12.1 Å². The summed E-state index contributed by atoms with van der Waals surface area (Å²) in [5.41, 5.74) is 0. The van der Waals surface area contributed by atoms with Crippen molar-refractivity contribution in [3.63, 3.8) is 0 Å². The highest BCUT2D eigenvalue weighted by atomic mass is 35.5. The zero-order chi connectivity index (χ0) is 21.5. The molecule has 0 N–H and O–H groups in total. The lowest BCUT2D eigenvalue weighted by atomic mass is 10.2. The predicted octanol–water partition coefficient (Wildman–Crippen LogP) is 2.87. The minimum absolute atomic E-state index is 0.0790. The van der Waals surface area contributed by atoms with Gasteiger partial charge >= 0.3 is 0 Å². The number of nitrogens with zero attached hydrogens (tertiary/aromatic N) is 2. The zero-order valence-electron chi connectivity index (χ0n) is 17.0. The molecule has 0 aliphatic carbocycles. The first-order chi connectivity index (χ1) is 14.5. The van der Waals surface area contributed by atoms with Crippen LogP contribution in [0.5, 0.6) is 17.2 Å². The van der Waals surface area contributed by atoms with Gasteiger partial charge in [0, 0.05) is 31.2 Å². The van der Waals surface area contributed by atoms with Gasteiger partial charge in [-0.2, -0.15) is 0 Å². The second kappa shape index (κ2) is 10.2. The van der Waals surface area contributed by atoms with E-state index < -0.39 is 6.10 Å². The summed E-state index contributed by atoms with van der Waals surface area (Å²) in [7, 11) is 1.55. The van der Waals surface area contributed by atoms with Gasteiger partial charge in [-0.3, -0.25) is 9.59 Å². The van der Waals surface area contributed by atoms with Crippen LogP contribution in [0.2, 0.25) is 5.02 Å². The van der Waals surface area contributed by atoms with E-state index in [9.17, 15) is 9.59 Å². The molecule has 1 heterocycles. The van der Waals surface area contributed by atoms with Gasteiger partial charge in [0.15, 0.2) is 24.2 Å². The van der Waals surface area contributed by atoms with Crippen LogP contribution < -0.4 is 14.2 Å². The molecule has 7 nitrogen and oxygen atoms in total. The summed E-state index contributed by atoms with van der Waals surface area (Å²) in [4.78, 5) is 28.5. The SMILES string of the molecule is COc1ccccc1OCC(=O)N1CCN(C(=O)C(C)Oc2ccc(Cl)cc2)CC1. The van der Waals surface area contributed by atoms with Crippen molar-refractivity contribution >= 4 is 23.4 Å². The molecule has 160 valence electrons. The van der Waals surface area contributed by atoms with Crippen molar-refractivity contribution in [2.24, 2.45) is 0 Å². The van der Waals surface area contributed by atoms with Gasteiger partial charge < -0.3 is 24.0 Å². The van der Waals surface area contributed by atoms with Crippen molar-refractivity contribution in [2.75, 3.05) is 39.9 Å². The topological polar surface area (TPSA) is 68.3 Å². The number of para-hydroxylation sites is 2. The maximum Gasteiger partial charge on any atom is 0.263 e. The third-order valence-corrected chi connectivity index (χ3v) is 5.09. The number of ether oxygens (including phenoxy) is 3. The Morgan fingerprint density at radius 3 is 2.20 bits per heavy atom. The van der Waals surface area contributed by atoms with Crippen molar-refractivity contribution in [1.82, 2.24) is 9.80 Å². The van der Waals surface area contributed by atoms with Crippen molar-refractivity contribution in [3.05, 3.63) is 53.6 Å². The lowest BCUT2D eigenvalue weighted by molar-refractivity contribution is -0.144. The molecule has 0 spiro atoms. The first-order valence-corrected chi connectivity index (χ1v) is 10.1. The van der Waals surface area contributed by atoms with Gasteiger partial charge in [-0.05, 0) is 43.3 Å². The largest absolute Gasteiger partial charge is 0.493 e. The second-order valence-corrected chi connectivity index (χ2v) is 7.30. The third-order valence-electron chi connectivity index (χ3n) is 4.84. The van der Waals surface area contributed by atoms with Crippen LogP contribution in [0.25, 0.3) is 0 Å². The van der Waals surface area contributed by atoms with E-state index >= 15 is 0 Å². The molecule has 0 bridgehead atoms. The fourth-order valence-electron chi connectivity index (χ4n) is 3.17. The molecule has 1 aliphatic heterocycles. The molecule has 1 fully saturated rings. The van der Waals surface area contributed by atoms with Crippen LogP contribution in [-0.2, 0) is 9.59 Å². The van der Waals surface area contributed by atoms with Crippen LogP contribution in [-0.4, -0.2) is 67.6 Å². The average molecular weight is 433 g/mol. The fourth-order valence-corrected chi connectivity index (χ4v) is 3.30. The highest BCUT2D eigenvalue weighted by molar-refractivity contribution is 6.30. The lowest BCUT2D eigenvalue weighted by Gasteiger charge is -2.35. The van der Waals surface area contributed by atoms with E-state index in [2.05, 4.69) is 0 Å². The van der Waals surface area contributed by atoms with Gasteiger partial charge in [0.1, 0.15) is 5.75 Å². The molecule has 0 saturated carbocycles. The number of hydrogen-bond acceptors (Lipinski definition) is 5. The normalized spacial score (nSPS) is 14.8. The molecule has 2 aromatic carbocycles. The van der Waals surface area contributed by atoms with Gasteiger partial charge in [0.05, 0.1) is 7.11 Å². The van der Waals surface area contributed by atoms with Gasteiger partial charge in [0.2, 0.25) is 0 Å². The average Bonchev–Trinajstić information content (AvgIpc) is 2.78. The monoisotopic (exact) mass is 432 g/mol. The summed E-state index contributed by atoms with van der Waals surface area (Å²) in [6.07, 6.45) is -0.623. The number of halogens is 1. The Morgan fingerprint density at radius 2 is 1.57 bits per heavy atom. The van der Waals surface area contributed by atoms with E-state index in [0.29, 0.717) is 48.5 Å². The smallest absolute Gasteiger partial charge is 0.263 e. The number of hydrogen-bond donors (Lipinski definition) is 0. The molecule has 1 saturated heterocycles. The summed E-state index contributed by atoms with van der Waals surface area (Å²) in [5.74, 6) is 1.45. The van der Waals surface area contributed by atoms with Crippen LogP contribution in [0, 0.1) is 0 Å². The van der Waals surface area contributed by atoms with Crippen molar-refractivity contribution in [3.8, 4) is 17.2 Å². The number of methoxy groups -OCH3 is 1. The molecule has 3 rings (SSSR count). The van der Waals surface area contributed by atoms with Crippen LogP contribution in [0.3, 0.4) is 0 Å². The highest BCUT2D eigenvalue weighted by Gasteiger charge is 2.28. The number of carbonyl (C=O) groups is 2. The molecule has 2 aromatic rings. The summed E-state index contributed by atoms with van der Waals surface area (Å²) in [6.45, 7) is 3.45. The Balaban J connectivity index is 1.45. The summed E-state index contributed by atoms with van der Waals surface area (Å²) in [6, 6.07) is 14.1. The molecule has 2 amide bonds. The Morgan fingerprint density at radius 1 is 0.967 bits per heavy atom. The fraction of sp³-hybridized carbons (Fsp3) is 0.364. The van der Waals surface area contributed by atoms with E-state index in [1.165, 1.54) is 0 Å². The first-order valence-electron chi connectivity index (χ1n) is 9.72. The van der Waals surface area contributed by atoms with Gasteiger partial charge in [-0.25, -0.2) is 0 Å². The maximum atomic E-state index is 12.7. The highest BCUT2D eigenvalue weighted by Crippen LogP contribution is 2.25. The molecular weight excluding hydrogens is 408 g/mol. The Labute approximate surface area is 181 Å². The molecular formula is C22H25ClN2O5. The number of piperazine rings is 1. The number of rotatable bonds is 7. The van der Waals surface area contributed by atoms with Crippen molar-refractivity contribution in [1.29, 1.82) is 0 Å². The Bertz CT molecular complexity index is 866. The molecule has 1 atom stereocenters. The van der Waals surface area contributed by atoms with E-state index in [-0.39, 0.29) is 18.4 Å².